The van der Waals surface area contributed by atoms with Gasteiger partial charge in [-0.15, -0.1) is 0 Å². The summed E-state index contributed by atoms with van der Waals surface area (Å²) in [6, 6.07) is -4.41. The Morgan fingerprint density at radius 3 is 1.79 bits per heavy atom. The number of imidazole rings is 1. The molecule has 0 aliphatic carbocycles. The summed E-state index contributed by atoms with van der Waals surface area (Å²) in [6.07, 6.45) is 5.17. The van der Waals surface area contributed by atoms with Crippen molar-refractivity contribution in [1.82, 2.24) is 25.9 Å². The summed E-state index contributed by atoms with van der Waals surface area (Å²) in [6.45, 7) is 0.744. The van der Waals surface area contributed by atoms with Crippen LogP contribution in [0.4, 0.5) is 0 Å². The summed E-state index contributed by atoms with van der Waals surface area (Å²) in [7, 11) is 0. The maximum absolute atomic E-state index is 13.4. The molecule has 0 saturated carbocycles. The number of aromatic nitrogens is 2. The lowest BCUT2D eigenvalue weighted by Crippen LogP contribution is -2.57. The molecule has 0 fully saturated rings. The van der Waals surface area contributed by atoms with Gasteiger partial charge in [0, 0.05) is 31.4 Å². The van der Waals surface area contributed by atoms with Crippen LogP contribution in [0.25, 0.3) is 0 Å². The number of nitrogens with zero attached hydrogens (tertiary/aromatic N) is 3. The molecule has 1 aromatic heterocycles. The third-order valence-corrected chi connectivity index (χ3v) is 6.05. The van der Waals surface area contributed by atoms with E-state index in [9.17, 15) is 24.3 Å². The molecule has 3 amide bonds. The summed E-state index contributed by atoms with van der Waals surface area (Å²) in [5.74, 6) is -3.45. The number of carboxylic acid groups (broad SMARTS) is 1. The molecule has 236 valence electrons. The van der Waals surface area contributed by atoms with Crippen molar-refractivity contribution in [3.05, 3.63) is 18.2 Å². The van der Waals surface area contributed by atoms with Crippen LogP contribution in [0, 0.1) is 0 Å². The van der Waals surface area contributed by atoms with Crippen molar-refractivity contribution < 1.29 is 24.3 Å². The van der Waals surface area contributed by atoms with E-state index in [1.165, 1.54) is 12.5 Å². The van der Waals surface area contributed by atoms with E-state index in [1.54, 1.807) is 0 Å². The van der Waals surface area contributed by atoms with Crippen LogP contribution in [0.15, 0.2) is 22.5 Å². The fourth-order valence-corrected chi connectivity index (χ4v) is 3.84. The first kappa shape index (κ1) is 35.6. The standard InChI is InChI=1S/C24H45N13O5/c25-8-2-1-5-16(21(40)37-18(22(41)42)7-4-10-33-24(29)30)36-20(39)17(6-3-9-32-23(27)28)35-19(38)15(26)11-14-12-31-13-34-14/h12-13,15-18H,1-11,25-26H2,(H,31,34)(H,35,38)(H,36,39)(H,37,40)(H,41,42)(H4,27,28,32)(H4,29,30,33). The van der Waals surface area contributed by atoms with Gasteiger partial charge in [0.05, 0.1) is 12.4 Å². The van der Waals surface area contributed by atoms with E-state index in [0.29, 0.717) is 37.9 Å². The summed E-state index contributed by atoms with van der Waals surface area (Å²) in [5.41, 5.74) is 33.5. The third-order valence-electron chi connectivity index (χ3n) is 6.05. The molecule has 4 unspecified atom stereocenters. The van der Waals surface area contributed by atoms with Gasteiger partial charge >= 0.3 is 5.97 Å². The van der Waals surface area contributed by atoms with Crippen LogP contribution in [0.5, 0.6) is 0 Å². The summed E-state index contributed by atoms with van der Waals surface area (Å²) in [4.78, 5) is 65.6. The molecule has 1 aromatic rings. The number of rotatable bonds is 21. The molecule has 0 aromatic carbocycles. The highest BCUT2D eigenvalue weighted by Crippen LogP contribution is 2.07. The number of aromatic amines is 1. The van der Waals surface area contributed by atoms with E-state index in [4.69, 9.17) is 34.4 Å². The highest BCUT2D eigenvalue weighted by molar-refractivity contribution is 5.94. The number of carbonyl (C=O) groups excluding carboxylic acids is 3. The molecule has 18 heteroatoms. The molecule has 42 heavy (non-hydrogen) atoms. The smallest absolute Gasteiger partial charge is 0.326 e. The molecule has 18 nitrogen and oxygen atoms in total. The van der Waals surface area contributed by atoms with Crippen LogP contribution < -0.4 is 50.4 Å². The molecular weight excluding hydrogens is 550 g/mol. The third kappa shape index (κ3) is 14.8. The number of aliphatic imine (C=N–C) groups is 2. The number of unbranched alkanes of at least 4 members (excludes halogenated alkanes) is 1. The largest absolute Gasteiger partial charge is 0.480 e. The number of nitrogens with one attached hydrogen (secondary N) is 4. The van der Waals surface area contributed by atoms with Gasteiger partial charge < -0.3 is 60.4 Å². The van der Waals surface area contributed by atoms with Crippen LogP contribution >= 0.6 is 0 Å². The number of carbonyl (C=O) groups is 4. The second-order valence-corrected chi connectivity index (χ2v) is 9.59. The zero-order valence-corrected chi connectivity index (χ0v) is 23.6. The van der Waals surface area contributed by atoms with Crippen molar-refractivity contribution in [2.75, 3.05) is 19.6 Å². The molecule has 1 rings (SSSR count). The first-order chi connectivity index (χ1) is 19.9. The van der Waals surface area contributed by atoms with Crippen molar-refractivity contribution in [1.29, 1.82) is 0 Å². The van der Waals surface area contributed by atoms with Gasteiger partial charge in [-0.05, 0) is 51.5 Å². The van der Waals surface area contributed by atoms with Crippen molar-refractivity contribution in [2.24, 2.45) is 44.4 Å². The van der Waals surface area contributed by atoms with E-state index in [0.717, 1.165) is 0 Å². The molecular formula is C24H45N13O5. The average Bonchev–Trinajstić information content (AvgIpc) is 3.43. The lowest BCUT2D eigenvalue weighted by atomic mass is 10.0. The van der Waals surface area contributed by atoms with Gasteiger partial charge in [-0.2, -0.15) is 0 Å². The van der Waals surface area contributed by atoms with Crippen molar-refractivity contribution in [2.45, 2.75) is 75.5 Å². The second kappa shape index (κ2) is 19.6. The van der Waals surface area contributed by atoms with Crippen molar-refractivity contribution in [3.63, 3.8) is 0 Å². The zero-order chi connectivity index (χ0) is 31.5. The van der Waals surface area contributed by atoms with Gasteiger partial charge in [0.25, 0.3) is 0 Å². The Morgan fingerprint density at radius 2 is 1.31 bits per heavy atom. The van der Waals surface area contributed by atoms with E-state index in [2.05, 4.69) is 35.9 Å². The second-order valence-electron chi connectivity index (χ2n) is 9.59. The lowest BCUT2D eigenvalue weighted by molar-refractivity contribution is -0.142. The van der Waals surface area contributed by atoms with Crippen LogP contribution in [0.3, 0.4) is 0 Å². The van der Waals surface area contributed by atoms with Gasteiger partial charge in [0.2, 0.25) is 17.7 Å². The normalized spacial score (nSPS) is 13.6. The summed E-state index contributed by atoms with van der Waals surface area (Å²) < 4.78 is 0. The van der Waals surface area contributed by atoms with Gasteiger partial charge in [-0.25, -0.2) is 9.78 Å². The van der Waals surface area contributed by atoms with Crippen molar-refractivity contribution >= 4 is 35.6 Å². The van der Waals surface area contributed by atoms with Gasteiger partial charge in [-0.3, -0.25) is 24.4 Å². The maximum atomic E-state index is 13.4. The predicted octanol–water partition coefficient (Wildman–Crippen LogP) is -3.95. The van der Waals surface area contributed by atoms with Crippen LogP contribution in [-0.4, -0.2) is 94.5 Å². The van der Waals surface area contributed by atoms with E-state index in [-0.39, 0.29) is 50.7 Å². The number of H-pyrrole nitrogens is 1. The van der Waals surface area contributed by atoms with Crippen molar-refractivity contribution in [3.8, 4) is 0 Å². The van der Waals surface area contributed by atoms with Gasteiger partial charge in [-0.1, -0.05) is 0 Å². The average molecular weight is 596 g/mol. The number of amides is 3. The van der Waals surface area contributed by atoms with E-state index >= 15 is 0 Å². The number of guanidine groups is 2. The molecule has 0 bridgehead atoms. The minimum atomic E-state index is -1.25. The fraction of sp³-hybridized carbons (Fsp3) is 0.625. The Labute approximate surface area is 243 Å². The Hall–Kier alpha value is -4.45. The number of hydrogen-bond acceptors (Lipinski definition) is 9. The van der Waals surface area contributed by atoms with Crippen LogP contribution in [-0.2, 0) is 25.6 Å². The summed E-state index contributed by atoms with van der Waals surface area (Å²) in [5, 5.41) is 17.3. The molecule has 4 atom stereocenters. The highest BCUT2D eigenvalue weighted by atomic mass is 16.4. The van der Waals surface area contributed by atoms with E-state index in [1.807, 2.05) is 0 Å². The quantitative estimate of drug-likeness (QED) is 0.0368. The monoisotopic (exact) mass is 595 g/mol. The minimum Gasteiger partial charge on any atom is -0.480 e. The first-order valence-corrected chi connectivity index (χ1v) is 13.6. The number of nitrogens with two attached hydrogens (primary N) is 6. The van der Waals surface area contributed by atoms with Gasteiger partial charge in [0.1, 0.15) is 18.1 Å². The maximum Gasteiger partial charge on any atom is 0.326 e. The Balaban J connectivity index is 3.00. The van der Waals surface area contributed by atoms with E-state index < -0.39 is 47.9 Å². The number of hydrogen-bond donors (Lipinski definition) is 11. The Kier molecular flexibility index (Phi) is 16.6. The molecule has 0 saturated heterocycles. The SMILES string of the molecule is NCCCCC(NC(=O)C(CCCN=C(N)N)NC(=O)C(N)Cc1cnc[nH]1)C(=O)NC(CCCN=C(N)N)C(=O)O. The zero-order valence-electron chi connectivity index (χ0n) is 23.6. The van der Waals surface area contributed by atoms with Gasteiger partial charge in [0.15, 0.2) is 11.9 Å². The highest BCUT2D eigenvalue weighted by Gasteiger charge is 2.30. The molecule has 0 radical (unpaired) electrons. The topological polar surface area (TPSA) is 334 Å². The lowest BCUT2D eigenvalue weighted by Gasteiger charge is -2.25. The van der Waals surface area contributed by atoms with Crippen LogP contribution in [0.1, 0.15) is 50.6 Å². The summed E-state index contributed by atoms with van der Waals surface area (Å²) >= 11 is 0. The molecule has 17 N–H and O–H groups in total. The Morgan fingerprint density at radius 1 is 0.810 bits per heavy atom. The number of carboxylic acids is 1. The van der Waals surface area contributed by atoms with Crippen LogP contribution in [0.2, 0.25) is 0 Å². The molecule has 1 heterocycles. The first-order valence-electron chi connectivity index (χ1n) is 13.6. The number of aliphatic carboxylic acids is 1. The Bertz CT molecular complexity index is 1040. The molecule has 0 aliphatic heterocycles. The fourth-order valence-electron chi connectivity index (χ4n) is 3.84. The molecule has 0 spiro atoms. The minimum absolute atomic E-state index is 0.0546. The molecule has 0 aliphatic rings. The predicted molar refractivity (Wildman–Crippen MR) is 156 cm³/mol.